The summed E-state index contributed by atoms with van der Waals surface area (Å²) >= 11 is 1.31. The van der Waals surface area contributed by atoms with E-state index in [-0.39, 0.29) is 23.6 Å². The summed E-state index contributed by atoms with van der Waals surface area (Å²) in [6.45, 7) is 2.04. The third kappa shape index (κ3) is 5.60. The van der Waals surface area contributed by atoms with Crippen LogP contribution < -0.4 is 10.6 Å². The van der Waals surface area contributed by atoms with Gasteiger partial charge in [0.25, 0.3) is 5.91 Å². The molecule has 0 bridgehead atoms. The van der Waals surface area contributed by atoms with Gasteiger partial charge in [-0.05, 0) is 50.1 Å². The number of aryl methyl sites for hydroxylation is 1. The average molecular weight is 484 g/mol. The Balaban J connectivity index is 1.31. The van der Waals surface area contributed by atoms with E-state index in [1.54, 1.807) is 24.3 Å². The molecule has 1 saturated carbocycles. The molecule has 5 rings (SSSR count). The molecule has 7 nitrogen and oxygen atoms in total. The minimum atomic E-state index is -0.186. The smallest absolute Gasteiger partial charge is 0.251 e. The molecule has 1 aromatic heterocycles. The number of benzene rings is 3. The van der Waals surface area contributed by atoms with Gasteiger partial charge in [0, 0.05) is 28.5 Å². The molecule has 0 radical (unpaired) electrons. The molecule has 4 aromatic rings. The predicted molar refractivity (Wildman–Crippen MR) is 138 cm³/mol. The van der Waals surface area contributed by atoms with Gasteiger partial charge in [0.2, 0.25) is 5.91 Å². The second kappa shape index (κ2) is 10.1. The van der Waals surface area contributed by atoms with E-state index >= 15 is 0 Å². The van der Waals surface area contributed by atoms with Crippen LogP contribution in [0, 0.1) is 6.92 Å². The predicted octanol–water partition coefficient (Wildman–Crippen LogP) is 4.87. The summed E-state index contributed by atoms with van der Waals surface area (Å²) in [5.74, 6) is 0.566. The molecule has 1 aliphatic rings. The van der Waals surface area contributed by atoms with Crippen molar-refractivity contribution >= 4 is 29.3 Å². The average Bonchev–Trinajstić information content (AvgIpc) is 3.59. The molecular weight excluding hydrogens is 458 g/mol. The van der Waals surface area contributed by atoms with E-state index in [0.29, 0.717) is 22.2 Å². The Morgan fingerprint density at radius 1 is 0.971 bits per heavy atom. The van der Waals surface area contributed by atoms with Crippen LogP contribution in [0.5, 0.6) is 0 Å². The second-order valence-corrected chi connectivity index (χ2v) is 9.45. The van der Waals surface area contributed by atoms with Crippen molar-refractivity contribution in [2.24, 2.45) is 0 Å². The summed E-state index contributed by atoms with van der Waals surface area (Å²) in [6, 6.07) is 25.2. The molecule has 3 aromatic carbocycles. The molecule has 176 valence electrons. The zero-order chi connectivity index (χ0) is 24.2. The molecule has 0 aliphatic heterocycles. The Bertz CT molecular complexity index is 1350. The topological polar surface area (TPSA) is 88.9 Å². The standard InChI is InChI=1S/C27H25N5O2S/c1-18-10-14-23(15-11-18)32-25(19-6-3-2-4-7-19)30-31-27(32)35-17-24(33)28-22-9-5-8-20(16-22)26(34)29-21-12-13-21/h2-11,14-16,21H,12-13,17H2,1H3,(H,28,33)(H,29,34). The van der Waals surface area contributed by atoms with Gasteiger partial charge in [-0.1, -0.05) is 65.9 Å². The number of thioether (sulfide) groups is 1. The van der Waals surface area contributed by atoms with E-state index in [1.807, 2.05) is 66.1 Å². The van der Waals surface area contributed by atoms with Gasteiger partial charge in [0.05, 0.1) is 5.75 Å². The van der Waals surface area contributed by atoms with Crippen molar-refractivity contribution in [3.05, 3.63) is 90.0 Å². The molecule has 0 unspecified atom stereocenters. The molecule has 1 heterocycles. The number of aromatic nitrogens is 3. The Labute approximate surface area is 208 Å². The lowest BCUT2D eigenvalue weighted by Crippen LogP contribution is -2.25. The highest BCUT2D eigenvalue weighted by Gasteiger charge is 2.24. The number of rotatable bonds is 8. The molecule has 0 atom stereocenters. The SMILES string of the molecule is Cc1ccc(-n2c(SCC(=O)Nc3cccc(C(=O)NC4CC4)c3)nnc2-c2ccccc2)cc1. The van der Waals surface area contributed by atoms with E-state index in [9.17, 15) is 9.59 Å². The van der Waals surface area contributed by atoms with Crippen molar-refractivity contribution in [3.8, 4) is 17.1 Å². The van der Waals surface area contributed by atoms with Crippen molar-refractivity contribution in [2.75, 3.05) is 11.1 Å². The Hall–Kier alpha value is -3.91. The fourth-order valence-electron chi connectivity index (χ4n) is 3.63. The maximum atomic E-state index is 12.7. The summed E-state index contributed by atoms with van der Waals surface area (Å²) < 4.78 is 1.97. The first kappa shape index (κ1) is 22.9. The monoisotopic (exact) mass is 483 g/mol. The van der Waals surface area contributed by atoms with Gasteiger partial charge >= 0.3 is 0 Å². The van der Waals surface area contributed by atoms with Crippen molar-refractivity contribution < 1.29 is 9.59 Å². The summed E-state index contributed by atoms with van der Waals surface area (Å²) in [7, 11) is 0. The number of amides is 2. The van der Waals surface area contributed by atoms with E-state index in [4.69, 9.17) is 0 Å². The quantitative estimate of drug-likeness (QED) is 0.349. The summed E-state index contributed by atoms with van der Waals surface area (Å²) in [5.41, 5.74) is 4.15. The normalized spacial score (nSPS) is 12.8. The molecule has 1 fully saturated rings. The van der Waals surface area contributed by atoms with Gasteiger partial charge in [0.15, 0.2) is 11.0 Å². The molecule has 2 amide bonds. The number of nitrogens with zero attached hydrogens (tertiary/aromatic N) is 3. The summed E-state index contributed by atoms with van der Waals surface area (Å²) in [6.07, 6.45) is 2.05. The van der Waals surface area contributed by atoms with Crippen molar-refractivity contribution in [1.82, 2.24) is 20.1 Å². The number of carbonyl (C=O) groups excluding carboxylic acids is 2. The maximum absolute atomic E-state index is 12.7. The van der Waals surface area contributed by atoms with Crippen LogP contribution >= 0.6 is 11.8 Å². The summed E-state index contributed by atoms with van der Waals surface area (Å²) in [5, 5.41) is 15.3. The maximum Gasteiger partial charge on any atom is 0.251 e. The largest absolute Gasteiger partial charge is 0.349 e. The first-order valence-electron chi connectivity index (χ1n) is 11.5. The van der Waals surface area contributed by atoms with E-state index in [0.717, 1.165) is 29.7 Å². The minimum Gasteiger partial charge on any atom is -0.349 e. The van der Waals surface area contributed by atoms with Gasteiger partial charge in [0.1, 0.15) is 0 Å². The molecule has 2 N–H and O–H groups in total. The fourth-order valence-corrected chi connectivity index (χ4v) is 4.38. The Morgan fingerprint density at radius 3 is 2.49 bits per heavy atom. The third-order valence-corrected chi connectivity index (χ3v) is 6.54. The third-order valence-electron chi connectivity index (χ3n) is 5.61. The van der Waals surface area contributed by atoms with Crippen LogP contribution in [0.1, 0.15) is 28.8 Å². The second-order valence-electron chi connectivity index (χ2n) is 8.51. The van der Waals surface area contributed by atoms with Crippen LogP contribution in [0.3, 0.4) is 0 Å². The number of hydrogen-bond acceptors (Lipinski definition) is 5. The van der Waals surface area contributed by atoms with E-state index in [2.05, 4.69) is 20.8 Å². The first-order chi connectivity index (χ1) is 17.1. The summed E-state index contributed by atoms with van der Waals surface area (Å²) in [4.78, 5) is 25.0. The minimum absolute atomic E-state index is 0.113. The molecule has 1 aliphatic carbocycles. The molecule has 8 heteroatoms. The van der Waals surface area contributed by atoms with Gasteiger partial charge < -0.3 is 10.6 Å². The first-order valence-corrected chi connectivity index (χ1v) is 12.5. The van der Waals surface area contributed by atoms with Crippen molar-refractivity contribution in [2.45, 2.75) is 31.0 Å². The molecule has 0 spiro atoms. The van der Waals surface area contributed by atoms with Gasteiger partial charge in [-0.2, -0.15) is 0 Å². The molecule has 0 saturated heterocycles. The zero-order valence-electron chi connectivity index (χ0n) is 19.3. The molecule has 35 heavy (non-hydrogen) atoms. The fraction of sp³-hybridized carbons (Fsp3) is 0.185. The number of carbonyl (C=O) groups is 2. The lowest BCUT2D eigenvalue weighted by atomic mass is 10.2. The van der Waals surface area contributed by atoms with Crippen LogP contribution in [0.15, 0.2) is 84.0 Å². The highest BCUT2D eigenvalue weighted by atomic mass is 32.2. The lowest BCUT2D eigenvalue weighted by Gasteiger charge is -2.11. The highest BCUT2D eigenvalue weighted by Crippen LogP contribution is 2.28. The highest BCUT2D eigenvalue weighted by molar-refractivity contribution is 7.99. The zero-order valence-corrected chi connectivity index (χ0v) is 20.1. The van der Waals surface area contributed by atoms with Crippen molar-refractivity contribution in [1.29, 1.82) is 0 Å². The van der Waals surface area contributed by atoms with Gasteiger partial charge in [-0.15, -0.1) is 10.2 Å². The van der Waals surface area contributed by atoms with E-state index < -0.39 is 0 Å². The lowest BCUT2D eigenvalue weighted by molar-refractivity contribution is -0.113. The van der Waals surface area contributed by atoms with Crippen LogP contribution in [0.4, 0.5) is 5.69 Å². The van der Waals surface area contributed by atoms with Crippen LogP contribution in [0.2, 0.25) is 0 Å². The number of hydrogen-bond donors (Lipinski definition) is 2. The molecular formula is C27H25N5O2S. The van der Waals surface area contributed by atoms with Crippen LogP contribution in [-0.2, 0) is 4.79 Å². The Morgan fingerprint density at radius 2 is 1.74 bits per heavy atom. The number of anilines is 1. The van der Waals surface area contributed by atoms with E-state index in [1.165, 1.54) is 11.8 Å². The van der Waals surface area contributed by atoms with Crippen LogP contribution in [0.25, 0.3) is 17.1 Å². The number of nitrogens with one attached hydrogen (secondary N) is 2. The van der Waals surface area contributed by atoms with Gasteiger partial charge in [-0.25, -0.2) is 0 Å². The van der Waals surface area contributed by atoms with Crippen LogP contribution in [-0.4, -0.2) is 38.4 Å². The Kier molecular flexibility index (Phi) is 6.63. The van der Waals surface area contributed by atoms with Crippen molar-refractivity contribution in [3.63, 3.8) is 0 Å². The van der Waals surface area contributed by atoms with Gasteiger partial charge in [-0.3, -0.25) is 14.2 Å².